The van der Waals surface area contributed by atoms with Gasteiger partial charge in [-0.05, 0) is 11.8 Å². The quantitative estimate of drug-likeness (QED) is 0.621. The van der Waals surface area contributed by atoms with Crippen LogP contribution in [0.3, 0.4) is 0 Å². The summed E-state index contributed by atoms with van der Waals surface area (Å²) in [5, 5.41) is 12.1. The predicted octanol–water partition coefficient (Wildman–Crippen LogP) is 4.65. The molecule has 1 N–H and O–H groups in total. The van der Waals surface area contributed by atoms with Gasteiger partial charge in [-0.2, -0.15) is 0 Å². The van der Waals surface area contributed by atoms with Crippen LogP contribution in [-0.4, -0.2) is 27.4 Å². The molecule has 0 saturated carbocycles. The van der Waals surface area contributed by atoms with E-state index in [1.807, 2.05) is 0 Å². The average Bonchev–Trinajstić information content (AvgIpc) is 2.41. The highest BCUT2D eigenvalue weighted by Crippen LogP contribution is 2.32. The minimum absolute atomic E-state index is 0.0970. The van der Waals surface area contributed by atoms with Gasteiger partial charge in [0.15, 0.2) is 0 Å². The van der Waals surface area contributed by atoms with Crippen LogP contribution in [0.2, 0.25) is 38.3 Å². The van der Waals surface area contributed by atoms with Crippen molar-refractivity contribution in [3.05, 3.63) is 30.3 Å². The molecule has 0 aliphatic carbocycles. The van der Waals surface area contributed by atoms with Gasteiger partial charge >= 0.3 is 0 Å². The van der Waals surface area contributed by atoms with Gasteiger partial charge in [0.25, 0.3) is 0 Å². The minimum Gasteiger partial charge on any atom is -0.393 e. The maximum atomic E-state index is 10.7. The van der Waals surface area contributed by atoms with Crippen molar-refractivity contribution < 1.29 is 5.11 Å². The van der Waals surface area contributed by atoms with Crippen molar-refractivity contribution in [1.29, 1.82) is 0 Å². The Kier molecular flexibility index (Phi) is 6.49. The van der Waals surface area contributed by atoms with E-state index in [2.05, 4.69) is 95.3 Å². The zero-order valence-electron chi connectivity index (χ0n) is 16.2. The second-order valence-electron chi connectivity index (χ2n) is 9.28. The molecule has 1 nitrogen and oxygen atoms in total. The molecule has 1 aromatic carbocycles. The number of hydrogen-bond donors (Lipinski definition) is 1. The Hall–Kier alpha value is -0.826. The highest BCUT2D eigenvalue weighted by molar-refractivity contribution is 6.91. The molecule has 2 atom stereocenters. The molecule has 0 fully saturated rings. The Morgan fingerprint density at radius 1 is 1.00 bits per heavy atom. The summed E-state index contributed by atoms with van der Waals surface area (Å²) >= 11 is 0. The third kappa shape index (κ3) is 6.29. The van der Waals surface area contributed by atoms with Crippen LogP contribution in [-0.2, 0) is 0 Å². The van der Waals surface area contributed by atoms with Gasteiger partial charge in [-0.3, -0.25) is 0 Å². The molecule has 0 unspecified atom stereocenters. The fourth-order valence-electron chi connectivity index (χ4n) is 2.48. The SMILES string of the molecule is CC(C)(C)[C@@H](O)C[C@@H](C#C[Si](C)(C)C)[Si](C)(C)c1ccccc1. The van der Waals surface area contributed by atoms with Crippen LogP contribution in [0.15, 0.2) is 30.3 Å². The van der Waals surface area contributed by atoms with Crippen LogP contribution >= 0.6 is 0 Å². The van der Waals surface area contributed by atoms with Crippen LogP contribution in [0.5, 0.6) is 0 Å². The van der Waals surface area contributed by atoms with Gasteiger partial charge in [0.1, 0.15) is 8.07 Å². The third-order valence-electron chi connectivity index (χ3n) is 4.47. The highest BCUT2D eigenvalue weighted by atomic mass is 28.3. The standard InChI is InChI=1S/C20H34OSi2/c1-20(2,3)19(21)16-18(14-15-22(4,5)6)23(7,8)17-12-10-9-11-13-17/h9-13,18-19,21H,16H2,1-8H3/t18-,19+/m1/s1. The molecule has 0 spiro atoms. The summed E-state index contributed by atoms with van der Waals surface area (Å²) in [6, 6.07) is 10.8. The van der Waals surface area contributed by atoms with E-state index in [0.717, 1.165) is 6.42 Å². The zero-order chi connectivity index (χ0) is 17.9. The van der Waals surface area contributed by atoms with Crippen molar-refractivity contribution in [2.24, 2.45) is 5.41 Å². The van der Waals surface area contributed by atoms with E-state index in [1.54, 1.807) is 0 Å². The number of aliphatic hydroxyl groups is 1. The van der Waals surface area contributed by atoms with Crippen molar-refractivity contribution in [2.75, 3.05) is 0 Å². The summed E-state index contributed by atoms with van der Waals surface area (Å²) < 4.78 is 0. The van der Waals surface area contributed by atoms with Gasteiger partial charge in [0.2, 0.25) is 0 Å². The first-order chi connectivity index (χ1) is 10.3. The van der Waals surface area contributed by atoms with Gasteiger partial charge < -0.3 is 5.11 Å². The Balaban J connectivity index is 3.20. The van der Waals surface area contributed by atoms with Gasteiger partial charge in [-0.1, -0.05) is 89.0 Å². The normalized spacial score (nSPS) is 15.5. The van der Waals surface area contributed by atoms with Gasteiger partial charge in [-0.15, -0.1) is 11.5 Å². The van der Waals surface area contributed by atoms with E-state index >= 15 is 0 Å². The average molecular weight is 347 g/mol. The third-order valence-corrected chi connectivity index (χ3v) is 9.31. The Labute approximate surface area is 145 Å². The lowest BCUT2D eigenvalue weighted by molar-refractivity contribution is 0.0567. The smallest absolute Gasteiger partial charge is 0.129 e. The first kappa shape index (κ1) is 20.2. The topological polar surface area (TPSA) is 20.2 Å². The second kappa shape index (κ2) is 7.38. The first-order valence-electron chi connectivity index (χ1n) is 8.60. The van der Waals surface area contributed by atoms with Crippen molar-refractivity contribution in [2.45, 2.75) is 71.6 Å². The molecule has 1 aromatic rings. The monoisotopic (exact) mass is 346 g/mol. The Morgan fingerprint density at radius 2 is 1.52 bits per heavy atom. The molecule has 1 rings (SSSR count). The van der Waals surface area contributed by atoms with Crippen molar-refractivity contribution in [3.63, 3.8) is 0 Å². The minimum atomic E-state index is -1.76. The molecule has 0 radical (unpaired) electrons. The summed E-state index contributed by atoms with van der Waals surface area (Å²) in [4.78, 5) is 0. The molecule has 0 aliphatic heterocycles. The van der Waals surface area contributed by atoms with E-state index < -0.39 is 16.1 Å². The van der Waals surface area contributed by atoms with Gasteiger partial charge in [-0.25, -0.2) is 0 Å². The molecule has 0 aromatic heterocycles. The predicted molar refractivity (Wildman–Crippen MR) is 109 cm³/mol. The fraction of sp³-hybridized carbons (Fsp3) is 0.600. The molecule has 0 saturated heterocycles. The molecule has 23 heavy (non-hydrogen) atoms. The second-order valence-corrected chi connectivity index (χ2v) is 18.7. The first-order valence-corrected chi connectivity index (χ1v) is 15.2. The van der Waals surface area contributed by atoms with E-state index in [-0.39, 0.29) is 17.1 Å². The van der Waals surface area contributed by atoms with Gasteiger partial charge in [0, 0.05) is 5.54 Å². The number of rotatable bonds is 4. The lowest BCUT2D eigenvalue weighted by Gasteiger charge is -2.35. The molecular formula is C20H34OSi2. The zero-order valence-corrected chi connectivity index (χ0v) is 18.2. The molecule has 0 aliphatic rings. The van der Waals surface area contributed by atoms with E-state index in [4.69, 9.17) is 0 Å². The summed E-state index contributed by atoms with van der Waals surface area (Å²) in [6.07, 6.45) is 0.452. The maximum absolute atomic E-state index is 10.7. The van der Waals surface area contributed by atoms with Crippen LogP contribution in [0.25, 0.3) is 0 Å². The number of hydrogen-bond acceptors (Lipinski definition) is 1. The van der Waals surface area contributed by atoms with Crippen LogP contribution < -0.4 is 5.19 Å². The molecule has 3 heteroatoms. The summed E-state index contributed by atoms with van der Waals surface area (Å²) in [5.41, 5.74) is 3.75. The van der Waals surface area contributed by atoms with Crippen LogP contribution in [0.4, 0.5) is 0 Å². The highest BCUT2D eigenvalue weighted by Gasteiger charge is 2.36. The van der Waals surface area contributed by atoms with Crippen molar-refractivity contribution in [1.82, 2.24) is 0 Å². The Bertz CT molecular complexity index is 553. The van der Waals surface area contributed by atoms with Crippen molar-refractivity contribution in [3.8, 4) is 11.5 Å². The number of aliphatic hydroxyl groups excluding tert-OH is 1. The van der Waals surface area contributed by atoms with E-state index in [9.17, 15) is 5.11 Å². The summed E-state index contributed by atoms with van der Waals surface area (Å²) in [6.45, 7) is 18.0. The lowest BCUT2D eigenvalue weighted by atomic mass is 9.86. The molecule has 0 heterocycles. The largest absolute Gasteiger partial charge is 0.393 e. The molecule has 0 bridgehead atoms. The van der Waals surface area contributed by atoms with E-state index in [1.165, 1.54) is 5.19 Å². The molecule has 128 valence electrons. The Morgan fingerprint density at radius 3 is 1.96 bits per heavy atom. The molecule has 0 amide bonds. The van der Waals surface area contributed by atoms with Crippen molar-refractivity contribution >= 4 is 21.3 Å². The van der Waals surface area contributed by atoms with Crippen LogP contribution in [0, 0.1) is 16.9 Å². The summed E-state index contributed by atoms with van der Waals surface area (Å²) in [5.74, 6) is 3.61. The summed E-state index contributed by atoms with van der Waals surface area (Å²) in [7, 11) is -3.18. The number of benzene rings is 1. The lowest BCUT2D eigenvalue weighted by Crippen LogP contribution is -2.47. The van der Waals surface area contributed by atoms with Crippen LogP contribution in [0.1, 0.15) is 27.2 Å². The fourth-order valence-corrected chi connectivity index (χ4v) is 5.93. The maximum Gasteiger partial charge on any atom is 0.129 e. The molecular weight excluding hydrogens is 312 g/mol. The van der Waals surface area contributed by atoms with E-state index in [0.29, 0.717) is 0 Å². The van der Waals surface area contributed by atoms with Gasteiger partial charge in [0.05, 0.1) is 14.2 Å².